The van der Waals surface area contributed by atoms with Crippen LogP contribution in [0.4, 0.5) is 14.5 Å². The van der Waals surface area contributed by atoms with Crippen molar-refractivity contribution in [2.45, 2.75) is 19.6 Å². The smallest absolute Gasteiger partial charge is 0.395 e. The summed E-state index contributed by atoms with van der Waals surface area (Å²) in [6.45, 7) is 1.83. The van der Waals surface area contributed by atoms with Crippen LogP contribution >= 0.6 is 11.8 Å². The molecule has 1 fully saturated rings. The van der Waals surface area contributed by atoms with Crippen molar-refractivity contribution in [1.29, 1.82) is 0 Å². The molecule has 2 aliphatic heterocycles. The Kier molecular flexibility index (Phi) is 3.72. The first-order valence-corrected chi connectivity index (χ1v) is 7.67. The molecule has 5 nitrogen and oxygen atoms in total. The number of para-hydroxylation sites is 1. The first kappa shape index (κ1) is 15.1. The molecule has 0 aliphatic carbocycles. The number of fused-ring (bicyclic) bond motifs is 1. The van der Waals surface area contributed by atoms with Crippen molar-refractivity contribution in [3.05, 3.63) is 18.2 Å². The number of amides is 1. The number of benzene rings is 1. The molecule has 3 rings (SSSR count). The first-order chi connectivity index (χ1) is 10.4. The number of rotatable bonds is 3. The van der Waals surface area contributed by atoms with Gasteiger partial charge in [0.05, 0.1) is 5.69 Å². The van der Waals surface area contributed by atoms with Gasteiger partial charge in [-0.05, 0) is 18.1 Å². The number of alkyl halides is 2. The molecule has 1 aromatic rings. The van der Waals surface area contributed by atoms with Crippen molar-refractivity contribution in [2.75, 3.05) is 17.2 Å². The molecular weight excluding hydrogens is 316 g/mol. The number of carbonyl (C=O) groups is 2. The monoisotopic (exact) mass is 329 g/mol. The highest BCUT2D eigenvalue weighted by Crippen LogP contribution is 2.48. The zero-order chi connectivity index (χ0) is 15.9. The van der Waals surface area contributed by atoms with Gasteiger partial charge in [0.2, 0.25) is 5.91 Å². The second-order valence-corrected chi connectivity index (χ2v) is 6.35. The highest BCUT2D eigenvalue weighted by Gasteiger charge is 2.46. The van der Waals surface area contributed by atoms with E-state index in [1.807, 2.05) is 0 Å². The average molecular weight is 329 g/mol. The van der Waals surface area contributed by atoms with Crippen LogP contribution in [-0.4, -0.2) is 29.6 Å². The lowest BCUT2D eigenvalue weighted by atomic mass is 10.1. The van der Waals surface area contributed by atoms with Gasteiger partial charge in [0.15, 0.2) is 16.6 Å². The minimum absolute atomic E-state index is 0.0000813. The molecule has 0 N–H and O–H groups in total. The predicted octanol–water partition coefficient (Wildman–Crippen LogP) is 2.64. The van der Waals surface area contributed by atoms with Crippen molar-refractivity contribution in [2.24, 2.45) is 5.92 Å². The maximum Gasteiger partial charge on any atom is 0.586 e. The Morgan fingerprint density at radius 3 is 2.95 bits per heavy atom. The molecular formula is C14H13F2NO4S. The van der Waals surface area contributed by atoms with E-state index in [9.17, 15) is 18.4 Å². The summed E-state index contributed by atoms with van der Waals surface area (Å²) < 4.78 is 35.3. The first-order valence-electron chi connectivity index (χ1n) is 6.68. The van der Waals surface area contributed by atoms with Gasteiger partial charge in [0.25, 0.3) is 0 Å². The van der Waals surface area contributed by atoms with Crippen LogP contribution in [0.25, 0.3) is 0 Å². The second kappa shape index (κ2) is 5.42. The van der Waals surface area contributed by atoms with Gasteiger partial charge in [0.1, 0.15) is 0 Å². The number of hydrogen-bond acceptors (Lipinski definition) is 5. The Morgan fingerprint density at radius 1 is 1.45 bits per heavy atom. The van der Waals surface area contributed by atoms with Gasteiger partial charge in [-0.25, -0.2) is 0 Å². The van der Waals surface area contributed by atoms with E-state index in [1.165, 1.54) is 24.0 Å². The van der Waals surface area contributed by atoms with Crippen LogP contribution in [-0.2, 0) is 9.59 Å². The van der Waals surface area contributed by atoms with E-state index in [0.29, 0.717) is 12.3 Å². The van der Waals surface area contributed by atoms with E-state index in [-0.39, 0.29) is 40.5 Å². The lowest BCUT2D eigenvalue weighted by Crippen LogP contribution is -2.28. The fraction of sp³-hybridized carbons (Fsp3) is 0.429. The van der Waals surface area contributed by atoms with Gasteiger partial charge in [-0.1, -0.05) is 17.8 Å². The van der Waals surface area contributed by atoms with Gasteiger partial charge in [-0.2, -0.15) is 0 Å². The van der Waals surface area contributed by atoms with E-state index in [4.69, 9.17) is 0 Å². The number of nitrogens with zero attached hydrogens (tertiary/aromatic N) is 1. The minimum atomic E-state index is -3.72. The van der Waals surface area contributed by atoms with Crippen molar-refractivity contribution >= 4 is 28.5 Å². The molecule has 0 spiro atoms. The van der Waals surface area contributed by atoms with Gasteiger partial charge in [-0.15, -0.1) is 8.78 Å². The summed E-state index contributed by atoms with van der Waals surface area (Å²) in [4.78, 5) is 24.6. The zero-order valence-electron chi connectivity index (χ0n) is 11.7. The van der Waals surface area contributed by atoms with Crippen molar-refractivity contribution < 1.29 is 27.8 Å². The number of anilines is 1. The van der Waals surface area contributed by atoms with Crippen LogP contribution in [0.5, 0.6) is 11.5 Å². The van der Waals surface area contributed by atoms with Crippen molar-refractivity contribution in [3.63, 3.8) is 0 Å². The third-order valence-corrected chi connectivity index (χ3v) is 4.47. The highest BCUT2D eigenvalue weighted by atomic mass is 32.2. The molecule has 1 aromatic carbocycles. The Labute approximate surface area is 129 Å². The number of thioether (sulfide) groups is 1. The Morgan fingerprint density at radius 2 is 2.23 bits per heavy atom. The molecule has 22 heavy (non-hydrogen) atoms. The van der Waals surface area contributed by atoms with Crippen LogP contribution in [0, 0.1) is 5.92 Å². The van der Waals surface area contributed by atoms with Crippen molar-refractivity contribution in [3.8, 4) is 11.5 Å². The Hall–Kier alpha value is -1.83. The molecule has 2 heterocycles. The number of carbonyl (C=O) groups excluding carboxylic acids is 2. The summed E-state index contributed by atoms with van der Waals surface area (Å²) in [6.07, 6.45) is -3.44. The highest BCUT2D eigenvalue weighted by molar-refractivity contribution is 8.13. The number of hydrogen-bond donors (Lipinski definition) is 0. The molecule has 0 saturated carbocycles. The standard InChI is InChI=1S/C14H13F2NO4S/c1-8(18)22-7-9-5-12(19)17(6-9)10-3-2-4-11-13(10)21-14(15,16)20-11/h2-4,9H,5-7H2,1H3. The fourth-order valence-corrected chi connectivity index (χ4v) is 3.22. The average Bonchev–Trinajstić information content (AvgIpc) is 2.94. The van der Waals surface area contributed by atoms with Crippen molar-refractivity contribution in [1.82, 2.24) is 0 Å². The van der Waals surface area contributed by atoms with Gasteiger partial charge >= 0.3 is 6.29 Å². The van der Waals surface area contributed by atoms with E-state index in [2.05, 4.69) is 9.47 Å². The number of halogens is 2. The van der Waals surface area contributed by atoms with Crippen LogP contribution in [0.2, 0.25) is 0 Å². The molecule has 0 bridgehead atoms. The van der Waals surface area contributed by atoms with Crippen LogP contribution in [0.3, 0.4) is 0 Å². The Balaban J connectivity index is 1.80. The van der Waals surface area contributed by atoms with E-state index < -0.39 is 6.29 Å². The van der Waals surface area contributed by atoms with Crippen LogP contribution in [0.1, 0.15) is 13.3 Å². The third-order valence-electron chi connectivity index (χ3n) is 3.43. The quantitative estimate of drug-likeness (QED) is 0.853. The SMILES string of the molecule is CC(=O)SCC1CC(=O)N(c2cccc3c2OC(F)(F)O3)C1. The van der Waals surface area contributed by atoms with Gasteiger partial charge in [0, 0.05) is 25.6 Å². The molecule has 8 heteroatoms. The molecule has 1 atom stereocenters. The largest absolute Gasteiger partial charge is 0.586 e. The second-order valence-electron chi connectivity index (χ2n) is 5.15. The topological polar surface area (TPSA) is 55.8 Å². The summed E-state index contributed by atoms with van der Waals surface area (Å²) in [5.74, 6) is 0.138. The zero-order valence-corrected chi connectivity index (χ0v) is 12.5. The van der Waals surface area contributed by atoms with Crippen LogP contribution in [0.15, 0.2) is 18.2 Å². The summed E-state index contributed by atoms with van der Waals surface area (Å²) in [7, 11) is 0. The van der Waals surface area contributed by atoms with E-state index in [0.717, 1.165) is 11.8 Å². The summed E-state index contributed by atoms with van der Waals surface area (Å²) in [5, 5.41) is -0.0112. The van der Waals surface area contributed by atoms with Gasteiger partial charge < -0.3 is 14.4 Å². The van der Waals surface area contributed by atoms with E-state index >= 15 is 0 Å². The maximum atomic E-state index is 13.2. The third kappa shape index (κ3) is 2.87. The number of ether oxygens (including phenoxy) is 2. The van der Waals surface area contributed by atoms with Gasteiger partial charge in [-0.3, -0.25) is 9.59 Å². The normalized spacial score (nSPS) is 22.2. The maximum absolute atomic E-state index is 13.2. The molecule has 118 valence electrons. The molecule has 0 radical (unpaired) electrons. The summed E-state index contributed by atoms with van der Waals surface area (Å²) in [6, 6.07) is 4.44. The molecule has 1 saturated heterocycles. The van der Waals surface area contributed by atoms with Crippen LogP contribution < -0.4 is 14.4 Å². The molecule has 2 aliphatic rings. The minimum Gasteiger partial charge on any atom is -0.395 e. The Bertz CT molecular complexity index is 637. The lowest BCUT2D eigenvalue weighted by Gasteiger charge is -2.18. The summed E-state index contributed by atoms with van der Waals surface area (Å²) >= 11 is 1.16. The summed E-state index contributed by atoms with van der Waals surface area (Å²) in [5.41, 5.74) is 0.273. The molecule has 1 unspecified atom stereocenters. The lowest BCUT2D eigenvalue weighted by molar-refractivity contribution is -0.286. The fourth-order valence-electron chi connectivity index (χ4n) is 2.53. The molecule has 0 aromatic heterocycles. The van der Waals surface area contributed by atoms with E-state index in [1.54, 1.807) is 6.07 Å². The predicted molar refractivity (Wildman–Crippen MR) is 76.2 cm³/mol. The molecule has 1 amide bonds.